The molecule has 0 spiro atoms. The van der Waals surface area contributed by atoms with Crippen LogP contribution in [-0.2, 0) is 4.74 Å². The first-order valence-electron chi connectivity index (χ1n) is 7.80. The number of ether oxygens (including phenoxy) is 2. The number of benzene rings is 2. The number of phenols is 1. The minimum Gasteiger partial charge on any atom is -0.506 e. The number of carbonyl (C=O) groups is 1. The predicted molar refractivity (Wildman–Crippen MR) is 87.0 cm³/mol. The molecule has 1 aliphatic heterocycles. The summed E-state index contributed by atoms with van der Waals surface area (Å²) in [7, 11) is 0. The molecule has 0 unspecified atom stereocenters. The number of hydrogen-bond donors (Lipinski definition) is 6. The summed E-state index contributed by atoms with van der Waals surface area (Å²) in [5.41, 5.74) is -0.414. The first-order chi connectivity index (χ1) is 12.3. The second kappa shape index (κ2) is 7.06. The van der Waals surface area contributed by atoms with E-state index >= 15 is 0 Å². The monoisotopic (exact) mass is 366 g/mol. The zero-order chi connectivity index (χ0) is 19.0. The van der Waals surface area contributed by atoms with Gasteiger partial charge in [-0.05, 0) is 6.07 Å². The minimum atomic E-state index is -1.64. The molecule has 26 heavy (non-hydrogen) atoms. The Kier molecular flexibility index (Phi) is 4.99. The lowest BCUT2D eigenvalue weighted by Crippen LogP contribution is -2.60. The van der Waals surface area contributed by atoms with Crippen molar-refractivity contribution in [2.24, 2.45) is 0 Å². The molecule has 6 N–H and O–H groups in total. The van der Waals surface area contributed by atoms with Crippen LogP contribution in [0.3, 0.4) is 0 Å². The second-order valence-electron chi connectivity index (χ2n) is 5.94. The normalized spacial score (nSPS) is 28.8. The molecule has 0 aromatic heterocycles. The molecule has 3 rings (SSSR count). The summed E-state index contributed by atoms with van der Waals surface area (Å²) in [4.78, 5) is 11.4. The lowest BCUT2D eigenvalue weighted by molar-refractivity contribution is -0.277. The van der Waals surface area contributed by atoms with Crippen LogP contribution in [0.1, 0.15) is 10.4 Å². The van der Waals surface area contributed by atoms with Crippen molar-refractivity contribution in [1.82, 2.24) is 0 Å². The molecule has 9 heteroatoms. The van der Waals surface area contributed by atoms with Crippen LogP contribution in [0.2, 0.25) is 0 Å². The van der Waals surface area contributed by atoms with Gasteiger partial charge in [-0.15, -0.1) is 0 Å². The van der Waals surface area contributed by atoms with Crippen LogP contribution in [-0.4, -0.2) is 73.9 Å². The van der Waals surface area contributed by atoms with E-state index in [-0.39, 0.29) is 11.1 Å². The van der Waals surface area contributed by atoms with E-state index in [0.29, 0.717) is 5.39 Å². The van der Waals surface area contributed by atoms with Gasteiger partial charge in [0.2, 0.25) is 6.29 Å². The highest BCUT2D eigenvalue weighted by molar-refractivity contribution is 6.03. The maximum atomic E-state index is 11.4. The number of aliphatic hydroxyl groups excluding tert-OH is 4. The Balaban J connectivity index is 2.03. The Morgan fingerprint density at radius 2 is 1.73 bits per heavy atom. The minimum absolute atomic E-state index is 0.0138. The Morgan fingerprint density at radius 3 is 2.35 bits per heavy atom. The van der Waals surface area contributed by atoms with Gasteiger partial charge in [-0.3, -0.25) is 0 Å². The maximum absolute atomic E-state index is 11.4. The van der Waals surface area contributed by atoms with Gasteiger partial charge in [-0.25, -0.2) is 4.79 Å². The summed E-state index contributed by atoms with van der Waals surface area (Å²) in [6.07, 6.45) is -7.45. The quantitative estimate of drug-likeness (QED) is 0.416. The molecule has 5 atom stereocenters. The molecule has 0 bridgehead atoms. The number of fused-ring (bicyclic) bond motifs is 1. The van der Waals surface area contributed by atoms with Gasteiger partial charge in [0.05, 0.1) is 6.61 Å². The number of aromatic hydroxyl groups is 1. The topological polar surface area (TPSA) is 157 Å². The first-order valence-corrected chi connectivity index (χ1v) is 7.80. The van der Waals surface area contributed by atoms with E-state index < -0.39 is 54.6 Å². The van der Waals surface area contributed by atoms with E-state index in [9.17, 15) is 35.4 Å². The number of aromatic carboxylic acids is 1. The van der Waals surface area contributed by atoms with Gasteiger partial charge in [-0.2, -0.15) is 0 Å². The van der Waals surface area contributed by atoms with Crippen LogP contribution in [0.25, 0.3) is 10.8 Å². The number of rotatable bonds is 4. The fourth-order valence-corrected chi connectivity index (χ4v) is 2.88. The summed E-state index contributed by atoms with van der Waals surface area (Å²) >= 11 is 0. The molecular formula is C17H18O9. The van der Waals surface area contributed by atoms with Crippen molar-refractivity contribution in [3.05, 3.63) is 35.9 Å². The van der Waals surface area contributed by atoms with E-state index in [1.807, 2.05) is 0 Å². The Morgan fingerprint density at radius 1 is 1.08 bits per heavy atom. The van der Waals surface area contributed by atoms with Crippen molar-refractivity contribution < 1.29 is 44.9 Å². The molecule has 0 radical (unpaired) electrons. The largest absolute Gasteiger partial charge is 0.506 e. The van der Waals surface area contributed by atoms with Gasteiger partial charge >= 0.3 is 5.97 Å². The molecule has 1 fully saturated rings. The molecule has 0 saturated carbocycles. The smallest absolute Gasteiger partial charge is 0.339 e. The van der Waals surface area contributed by atoms with E-state index in [0.717, 1.165) is 6.07 Å². The summed E-state index contributed by atoms with van der Waals surface area (Å²) in [5.74, 6) is -1.83. The first kappa shape index (κ1) is 18.4. The third-order valence-electron chi connectivity index (χ3n) is 4.30. The molecule has 0 aliphatic carbocycles. The molecule has 1 saturated heterocycles. The van der Waals surface area contributed by atoms with Crippen molar-refractivity contribution in [3.63, 3.8) is 0 Å². The van der Waals surface area contributed by atoms with Crippen LogP contribution in [0.4, 0.5) is 0 Å². The fourth-order valence-electron chi connectivity index (χ4n) is 2.88. The Bertz CT molecular complexity index is 819. The molecule has 1 heterocycles. The number of aliphatic hydroxyl groups is 4. The number of carboxylic acids is 1. The number of hydrogen-bond acceptors (Lipinski definition) is 8. The molecule has 1 aliphatic rings. The van der Waals surface area contributed by atoms with Gasteiger partial charge in [-0.1, -0.05) is 24.3 Å². The zero-order valence-electron chi connectivity index (χ0n) is 13.4. The maximum Gasteiger partial charge on any atom is 0.339 e. The van der Waals surface area contributed by atoms with E-state index in [1.165, 1.54) is 6.07 Å². The Labute approximate surface area is 147 Å². The highest BCUT2D eigenvalue weighted by Crippen LogP contribution is 2.37. The molecule has 2 aromatic rings. The molecule has 0 amide bonds. The average Bonchev–Trinajstić information content (AvgIpc) is 2.64. The molecule has 9 nitrogen and oxygen atoms in total. The molecular weight excluding hydrogens is 348 g/mol. The lowest BCUT2D eigenvalue weighted by atomic mass is 9.99. The molecule has 140 valence electrons. The fraction of sp³-hybridized carbons (Fsp3) is 0.353. The van der Waals surface area contributed by atoms with Crippen molar-refractivity contribution in [1.29, 1.82) is 0 Å². The highest BCUT2D eigenvalue weighted by Gasteiger charge is 2.44. The van der Waals surface area contributed by atoms with E-state index in [4.69, 9.17) is 9.47 Å². The van der Waals surface area contributed by atoms with E-state index in [1.54, 1.807) is 18.2 Å². The van der Waals surface area contributed by atoms with Gasteiger partial charge < -0.3 is 40.1 Å². The third-order valence-corrected chi connectivity index (χ3v) is 4.30. The van der Waals surface area contributed by atoms with Gasteiger partial charge in [0.1, 0.15) is 41.5 Å². The number of carboxylic acid groups (broad SMARTS) is 1. The standard InChI is InChI=1S/C17H18O9/c18-6-11-13(20)14(21)15(22)17(26-11)25-10-5-9(16(23)24)12(19)8-4-2-1-3-7(8)10/h1-5,11,13-15,17-22H,6H2,(H,23,24)/t11-,13+,14-,15-,17+/m1/s1. The van der Waals surface area contributed by atoms with Crippen LogP contribution in [0.15, 0.2) is 30.3 Å². The predicted octanol–water partition coefficient (Wildman–Crippen LogP) is -0.578. The average molecular weight is 366 g/mol. The zero-order valence-corrected chi connectivity index (χ0v) is 13.4. The van der Waals surface area contributed by atoms with Gasteiger partial charge in [0.25, 0.3) is 0 Å². The van der Waals surface area contributed by atoms with Crippen LogP contribution < -0.4 is 4.74 Å². The summed E-state index contributed by atoms with van der Waals surface area (Å²) in [6.45, 7) is -0.624. The Hall–Kier alpha value is -2.43. The summed E-state index contributed by atoms with van der Waals surface area (Å²) in [5, 5.41) is 58.9. The van der Waals surface area contributed by atoms with E-state index in [2.05, 4.69) is 0 Å². The van der Waals surface area contributed by atoms with Crippen molar-refractivity contribution in [2.75, 3.05) is 6.61 Å². The second-order valence-corrected chi connectivity index (χ2v) is 5.94. The third kappa shape index (κ3) is 3.06. The van der Waals surface area contributed by atoms with Crippen molar-refractivity contribution in [2.45, 2.75) is 30.7 Å². The van der Waals surface area contributed by atoms with Crippen molar-refractivity contribution in [3.8, 4) is 11.5 Å². The highest BCUT2D eigenvalue weighted by atomic mass is 16.7. The summed E-state index contributed by atoms with van der Waals surface area (Å²) < 4.78 is 10.8. The lowest BCUT2D eigenvalue weighted by Gasteiger charge is -2.39. The van der Waals surface area contributed by atoms with Crippen LogP contribution in [0, 0.1) is 0 Å². The van der Waals surface area contributed by atoms with Crippen molar-refractivity contribution >= 4 is 16.7 Å². The summed E-state index contributed by atoms with van der Waals surface area (Å²) in [6, 6.07) is 7.38. The molecule has 2 aromatic carbocycles. The van der Waals surface area contributed by atoms with Crippen LogP contribution in [0.5, 0.6) is 11.5 Å². The van der Waals surface area contributed by atoms with Gasteiger partial charge in [0.15, 0.2) is 0 Å². The van der Waals surface area contributed by atoms with Crippen LogP contribution >= 0.6 is 0 Å². The van der Waals surface area contributed by atoms with Gasteiger partial charge in [0, 0.05) is 10.8 Å². The SMILES string of the molecule is O=C(O)c1cc(O[C@H]2O[C@H](CO)[C@H](O)[C@@H](O)[C@H]2O)c2ccccc2c1O.